The Hall–Kier alpha value is -1.97. The highest BCUT2D eigenvalue weighted by Crippen LogP contribution is 2.31. The minimum Gasteiger partial charge on any atom is -0.368 e. The molecule has 4 nitrogen and oxygen atoms in total. The number of hydrogen-bond donors (Lipinski definition) is 1. The van der Waals surface area contributed by atoms with Crippen molar-refractivity contribution in [3.8, 4) is 0 Å². The van der Waals surface area contributed by atoms with Crippen molar-refractivity contribution in [3.05, 3.63) is 57.7 Å². The van der Waals surface area contributed by atoms with Gasteiger partial charge in [0.2, 0.25) is 0 Å². The van der Waals surface area contributed by atoms with Crippen LogP contribution in [0.3, 0.4) is 0 Å². The number of carbonyl (C=O) groups excluding carboxylic acids is 1. The lowest BCUT2D eigenvalue weighted by Crippen LogP contribution is -2.50. The number of hydrogen-bond acceptors (Lipinski definition) is 2. The van der Waals surface area contributed by atoms with E-state index in [4.69, 9.17) is 0 Å². The van der Waals surface area contributed by atoms with Gasteiger partial charge < -0.3 is 15.1 Å². The first kappa shape index (κ1) is 18.8. The Kier molecular flexibility index (Phi) is 5.59. The van der Waals surface area contributed by atoms with Gasteiger partial charge >= 0.3 is 12.2 Å². The van der Waals surface area contributed by atoms with Crippen LogP contribution in [0.1, 0.15) is 5.56 Å². The second-order valence-electron chi connectivity index (χ2n) is 5.96. The minimum atomic E-state index is -4.36. The van der Waals surface area contributed by atoms with Gasteiger partial charge in [-0.2, -0.15) is 13.2 Å². The zero-order chi connectivity index (χ0) is 18.7. The molecular weight excluding hydrogens is 458 g/mol. The molecule has 2 aromatic carbocycles. The first-order valence-electron chi connectivity index (χ1n) is 8.06. The molecule has 1 fully saturated rings. The molecule has 1 saturated heterocycles. The van der Waals surface area contributed by atoms with E-state index < -0.39 is 11.7 Å². The molecule has 0 aromatic heterocycles. The number of anilines is 2. The molecule has 138 valence electrons. The molecule has 26 heavy (non-hydrogen) atoms. The van der Waals surface area contributed by atoms with E-state index in [9.17, 15) is 18.0 Å². The summed E-state index contributed by atoms with van der Waals surface area (Å²) in [7, 11) is 0. The quantitative estimate of drug-likeness (QED) is 0.642. The fourth-order valence-corrected chi connectivity index (χ4v) is 3.36. The summed E-state index contributed by atoms with van der Waals surface area (Å²) in [4.78, 5) is 15.9. The summed E-state index contributed by atoms with van der Waals surface area (Å²) < 4.78 is 39.6. The number of amides is 2. The van der Waals surface area contributed by atoms with Gasteiger partial charge in [-0.05, 0) is 59.0 Å². The average Bonchev–Trinajstić information content (AvgIpc) is 2.61. The van der Waals surface area contributed by atoms with Gasteiger partial charge in [-0.15, -0.1) is 0 Å². The lowest BCUT2D eigenvalue weighted by Gasteiger charge is -2.36. The zero-order valence-electron chi connectivity index (χ0n) is 13.8. The molecule has 0 atom stereocenters. The van der Waals surface area contributed by atoms with Crippen LogP contribution in [0.4, 0.5) is 29.3 Å². The molecule has 0 radical (unpaired) electrons. The number of urea groups is 1. The summed E-state index contributed by atoms with van der Waals surface area (Å²) in [5, 5.41) is 2.85. The molecule has 1 N–H and O–H groups in total. The third-order valence-corrected chi connectivity index (χ3v) is 4.85. The maximum Gasteiger partial charge on any atom is 0.416 e. The topological polar surface area (TPSA) is 35.6 Å². The number of nitrogens with one attached hydrogen (secondary N) is 1. The predicted molar refractivity (Wildman–Crippen MR) is 103 cm³/mol. The van der Waals surface area contributed by atoms with E-state index >= 15 is 0 Å². The number of carbonyl (C=O) groups is 1. The van der Waals surface area contributed by atoms with Crippen LogP contribution in [0.2, 0.25) is 0 Å². The summed E-state index contributed by atoms with van der Waals surface area (Å²) >= 11 is 2.17. The third kappa shape index (κ3) is 4.60. The first-order valence-corrected chi connectivity index (χ1v) is 9.14. The van der Waals surface area contributed by atoms with Gasteiger partial charge in [0.25, 0.3) is 0 Å². The van der Waals surface area contributed by atoms with Crippen molar-refractivity contribution in [3.63, 3.8) is 0 Å². The van der Waals surface area contributed by atoms with Crippen LogP contribution in [-0.4, -0.2) is 37.1 Å². The molecule has 8 heteroatoms. The number of piperazine rings is 1. The summed E-state index contributed by atoms with van der Waals surface area (Å²) in [5.41, 5.74) is 0.591. The second-order valence-corrected chi connectivity index (χ2v) is 7.21. The van der Waals surface area contributed by atoms with Gasteiger partial charge in [0.05, 0.1) is 5.56 Å². The number of halogens is 4. The van der Waals surface area contributed by atoms with E-state index in [1.807, 2.05) is 29.2 Å². The fraction of sp³-hybridized carbons (Fsp3) is 0.278. The maximum absolute atomic E-state index is 12.9. The van der Waals surface area contributed by atoms with Crippen LogP contribution in [0.15, 0.2) is 48.5 Å². The van der Waals surface area contributed by atoms with E-state index in [2.05, 4.69) is 27.9 Å². The smallest absolute Gasteiger partial charge is 0.368 e. The summed E-state index contributed by atoms with van der Waals surface area (Å²) in [6, 6.07) is 12.6. The number of nitrogens with zero attached hydrogens (tertiary/aromatic N) is 2. The Morgan fingerprint density at radius 2 is 1.69 bits per heavy atom. The van der Waals surface area contributed by atoms with Crippen LogP contribution >= 0.6 is 22.6 Å². The molecule has 0 spiro atoms. The summed E-state index contributed by atoms with van der Waals surface area (Å²) in [6.45, 7) is 1.88. The Labute approximate surface area is 163 Å². The molecule has 0 saturated carbocycles. The van der Waals surface area contributed by atoms with Crippen molar-refractivity contribution in [1.82, 2.24) is 4.90 Å². The van der Waals surface area contributed by atoms with Crippen molar-refractivity contribution in [1.29, 1.82) is 0 Å². The van der Waals surface area contributed by atoms with Crippen molar-refractivity contribution >= 4 is 40.0 Å². The Morgan fingerprint density at radius 3 is 2.35 bits per heavy atom. The summed E-state index contributed by atoms with van der Waals surface area (Å²) in [5.74, 6) is 0. The van der Waals surface area contributed by atoms with Crippen LogP contribution < -0.4 is 10.2 Å². The van der Waals surface area contributed by atoms with Gasteiger partial charge in [-0.1, -0.05) is 12.1 Å². The molecule has 1 aliphatic rings. The van der Waals surface area contributed by atoms with Crippen LogP contribution in [0.5, 0.6) is 0 Å². The van der Waals surface area contributed by atoms with E-state index in [1.165, 1.54) is 6.07 Å². The highest BCUT2D eigenvalue weighted by atomic mass is 127. The molecule has 0 bridgehead atoms. The largest absolute Gasteiger partial charge is 0.416 e. The van der Waals surface area contributed by atoms with Crippen LogP contribution in [0.25, 0.3) is 0 Å². The van der Waals surface area contributed by atoms with Crippen molar-refractivity contribution in [2.75, 3.05) is 36.4 Å². The second kappa shape index (κ2) is 7.73. The predicted octanol–water partition coefficient (Wildman–Crippen LogP) is 4.66. The highest BCUT2D eigenvalue weighted by molar-refractivity contribution is 14.1. The Balaban J connectivity index is 1.60. The third-order valence-electron chi connectivity index (χ3n) is 4.18. The van der Waals surface area contributed by atoms with Gasteiger partial charge in [0, 0.05) is 41.1 Å². The molecule has 0 unspecified atom stereocenters. The molecule has 0 aliphatic carbocycles. The van der Waals surface area contributed by atoms with Crippen LogP contribution in [0, 0.1) is 3.57 Å². The average molecular weight is 475 g/mol. The standard InChI is InChI=1S/C18H17F3IN3O/c19-18(20,21)13-3-1-6-16(11-13)24-7-9-25(10-8-24)17(26)23-15-5-2-4-14(22)12-15/h1-6,11-12H,7-10H2,(H,23,26). The zero-order valence-corrected chi connectivity index (χ0v) is 15.9. The lowest BCUT2D eigenvalue weighted by atomic mass is 10.1. The van der Waals surface area contributed by atoms with Gasteiger partial charge in [0.15, 0.2) is 0 Å². The SMILES string of the molecule is O=C(Nc1cccc(I)c1)N1CCN(c2cccc(C(F)(F)F)c2)CC1. The van der Waals surface area contributed by atoms with Gasteiger partial charge in [0.1, 0.15) is 0 Å². The number of benzene rings is 2. The molecule has 1 heterocycles. The molecule has 1 aliphatic heterocycles. The van der Waals surface area contributed by atoms with Gasteiger partial charge in [-0.25, -0.2) is 4.79 Å². The summed E-state index contributed by atoms with van der Waals surface area (Å²) in [6.07, 6.45) is -4.36. The van der Waals surface area contributed by atoms with E-state index in [-0.39, 0.29) is 6.03 Å². The number of alkyl halides is 3. The Morgan fingerprint density at radius 1 is 1.00 bits per heavy atom. The van der Waals surface area contributed by atoms with Crippen molar-refractivity contribution in [2.24, 2.45) is 0 Å². The monoisotopic (exact) mass is 475 g/mol. The normalized spacial score (nSPS) is 15.1. The minimum absolute atomic E-state index is 0.198. The van der Waals surface area contributed by atoms with E-state index in [0.29, 0.717) is 31.9 Å². The molecule has 2 amide bonds. The van der Waals surface area contributed by atoms with Gasteiger partial charge in [-0.3, -0.25) is 0 Å². The van der Waals surface area contributed by atoms with E-state index in [1.54, 1.807) is 11.0 Å². The van der Waals surface area contributed by atoms with Crippen molar-refractivity contribution < 1.29 is 18.0 Å². The van der Waals surface area contributed by atoms with E-state index in [0.717, 1.165) is 21.4 Å². The highest BCUT2D eigenvalue weighted by Gasteiger charge is 2.31. The Bertz CT molecular complexity index is 789. The lowest BCUT2D eigenvalue weighted by molar-refractivity contribution is -0.137. The molecule has 2 aromatic rings. The fourth-order valence-electron chi connectivity index (χ4n) is 2.82. The number of rotatable bonds is 2. The van der Waals surface area contributed by atoms with Crippen molar-refractivity contribution in [2.45, 2.75) is 6.18 Å². The first-order chi connectivity index (χ1) is 12.3. The maximum atomic E-state index is 12.9. The molecular formula is C18H17F3IN3O. The molecule has 3 rings (SSSR count). The van der Waals surface area contributed by atoms with Crippen LogP contribution in [-0.2, 0) is 6.18 Å².